The number of H-pyrrole nitrogens is 2. The number of nitrogens with one attached hydrogen (secondary N) is 4. The summed E-state index contributed by atoms with van der Waals surface area (Å²) in [6, 6.07) is 10.8. The third-order valence-electron chi connectivity index (χ3n) is 7.09. The fourth-order valence-corrected chi connectivity index (χ4v) is 5.99. The highest BCUT2D eigenvalue weighted by molar-refractivity contribution is 7.89. The molecule has 0 unspecified atom stereocenters. The van der Waals surface area contributed by atoms with Gasteiger partial charge in [0.1, 0.15) is 27.8 Å². The molecule has 0 fully saturated rings. The van der Waals surface area contributed by atoms with Crippen molar-refractivity contribution in [2.75, 3.05) is 45.4 Å². The molecule has 0 spiro atoms. The number of hydrogen-bond acceptors (Lipinski definition) is 10. The molecule has 0 saturated heterocycles. The van der Waals surface area contributed by atoms with Gasteiger partial charge < -0.3 is 25.3 Å². The Morgan fingerprint density at radius 2 is 1.88 bits per heavy atom. The van der Waals surface area contributed by atoms with Gasteiger partial charge >= 0.3 is 0 Å². The zero-order chi connectivity index (χ0) is 28.7. The minimum atomic E-state index is -3.75. The van der Waals surface area contributed by atoms with Gasteiger partial charge in [-0.2, -0.15) is 9.97 Å². The van der Waals surface area contributed by atoms with E-state index < -0.39 is 10.0 Å². The second-order valence-electron chi connectivity index (χ2n) is 10.0. The van der Waals surface area contributed by atoms with Gasteiger partial charge in [-0.3, -0.25) is 5.10 Å². The van der Waals surface area contributed by atoms with E-state index in [1.165, 1.54) is 29.5 Å². The van der Waals surface area contributed by atoms with Crippen molar-refractivity contribution in [1.82, 2.24) is 39.6 Å². The SMILES string of the molecule is COc1cc2c(cc1Nc1nc(Nc3ccccc3S(=O)(=O)N(C)C)c3c(-c4c[nH]nn4)c[nH]c3n1)CN(C)CC2. The molecule has 4 N–H and O–H groups in total. The number of rotatable bonds is 8. The van der Waals surface area contributed by atoms with Crippen molar-refractivity contribution in [3.63, 3.8) is 0 Å². The lowest BCUT2D eigenvalue weighted by atomic mass is 9.99. The Morgan fingerprint density at radius 1 is 1.05 bits per heavy atom. The molecule has 0 saturated carbocycles. The number of nitrogens with zero attached hydrogens (tertiary/aromatic N) is 6. The minimum absolute atomic E-state index is 0.116. The number of sulfonamides is 1. The molecular formula is C27H30N10O3S. The van der Waals surface area contributed by atoms with Crippen LogP contribution in [0.4, 0.5) is 23.1 Å². The average Bonchev–Trinajstić information content (AvgIpc) is 3.63. The second kappa shape index (κ2) is 10.5. The van der Waals surface area contributed by atoms with Gasteiger partial charge in [0.25, 0.3) is 0 Å². The Labute approximate surface area is 237 Å². The van der Waals surface area contributed by atoms with Crippen LogP contribution >= 0.6 is 0 Å². The molecule has 0 radical (unpaired) electrons. The van der Waals surface area contributed by atoms with Gasteiger partial charge in [0.05, 0.1) is 30.1 Å². The van der Waals surface area contributed by atoms with E-state index in [4.69, 9.17) is 14.7 Å². The number of methoxy groups -OCH3 is 1. The number of likely N-dealkylation sites (N-methyl/N-ethyl adjacent to an activating group) is 1. The number of para-hydroxylation sites is 1. The van der Waals surface area contributed by atoms with Crippen molar-refractivity contribution in [2.24, 2.45) is 0 Å². The van der Waals surface area contributed by atoms with Crippen molar-refractivity contribution >= 4 is 44.2 Å². The molecular weight excluding hydrogens is 544 g/mol. The van der Waals surface area contributed by atoms with Crippen LogP contribution in [0.3, 0.4) is 0 Å². The zero-order valence-electron chi connectivity index (χ0n) is 23.1. The summed E-state index contributed by atoms with van der Waals surface area (Å²) in [6.07, 6.45) is 4.38. The fourth-order valence-electron chi connectivity index (χ4n) is 4.95. The Bertz CT molecular complexity index is 1830. The molecule has 212 valence electrons. The van der Waals surface area contributed by atoms with Crippen LogP contribution in [0.2, 0.25) is 0 Å². The smallest absolute Gasteiger partial charge is 0.244 e. The number of aromatic nitrogens is 6. The van der Waals surface area contributed by atoms with E-state index in [1.54, 1.807) is 43.8 Å². The number of fused-ring (bicyclic) bond motifs is 2. The molecule has 0 bridgehead atoms. The van der Waals surface area contributed by atoms with Gasteiger partial charge in [-0.1, -0.05) is 17.3 Å². The molecule has 4 heterocycles. The van der Waals surface area contributed by atoms with E-state index >= 15 is 0 Å². The van der Waals surface area contributed by atoms with Crippen molar-refractivity contribution in [1.29, 1.82) is 0 Å². The lowest BCUT2D eigenvalue weighted by molar-refractivity contribution is 0.312. The van der Waals surface area contributed by atoms with E-state index in [0.717, 1.165) is 25.2 Å². The van der Waals surface area contributed by atoms with Crippen molar-refractivity contribution in [3.05, 3.63) is 59.9 Å². The Kier molecular flexibility index (Phi) is 6.81. The number of benzene rings is 2. The molecule has 41 heavy (non-hydrogen) atoms. The Hall–Kier alpha value is -4.53. The maximum Gasteiger partial charge on any atom is 0.244 e. The predicted molar refractivity (Wildman–Crippen MR) is 156 cm³/mol. The van der Waals surface area contributed by atoms with E-state index in [1.807, 2.05) is 0 Å². The Balaban J connectivity index is 1.48. The largest absolute Gasteiger partial charge is 0.495 e. The predicted octanol–water partition coefficient (Wildman–Crippen LogP) is 3.48. The third kappa shape index (κ3) is 4.96. The molecule has 6 rings (SSSR count). The topological polar surface area (TPSA) is 157 Å². The zero-order valence-corrected chi connectivity index (χ0v) is 23.9. The molecule has 5 aromatic rings. The number of aromatic amines is 2. The first-order valence-corrected chi connectivity index (χ1v) is 14.4. The van der Waals surface area contributed by atoms with Crippen LogP contribution < -0.4 is 15.4 Å². The number of ether oxygens (including phenoxy) is 1. The van der Waals surface area contributed by atoms with E-state index in [9.17, 15) is 8.42 Å². The van der Waals surface area contributed by atoms with Gasteiger partial charge in [-0.15, -0.1) is 5.10 Å². The molecule has 0 aliphatic carbocycles. The maximum atomic E-state index is 13.1. The number of anilines is 4. The molecule has 13 nitrogen and oxygen atoms in total. The van der Waals surface area contributed by atoms with Gasteiger partial charge in [-0.25, -0.2) is 12.7 Å². The van der Waals surface area contributed by atoms with Crippen LogP contribution in [0.15, 0.2) is 53.7 Å². The summed E-state index contributed by atoms with van der Waals surface area (Å²) >= 11 is 0. The summed E-state index contributed by atoms with van der Waals surface area (Å²) < 4.78 is 33.1. The van der Waals surface area contributed by atoms with E-state index in [2.05, 4.69) is 55.1 Å². The first-order valence-electron chi connectivity index (χ1n) is 12.9. The highest BCUT2D eigenvalue weighted by Gasteiger charge is 2.24. The van der Waals surface area contributed by atoms with Crippen molar-refractivity contribution in [2.45, 2.75) is 17.9 Å². The minimum Gasteiger partial charge on any atom is -0.495 e. The average molecular weight is 575 g/mol. The second-order valence-corrected chi connectivity index (χ2v) is 12.1. The van der Waals surface area contributed by atoms with Gasteiger partial charge in [0.2, 0.25) is 16.0 Å². The maximum absolute atomic E-state index is 13.1. The van der Waals surface area contributed by atoms with Crippen molar-refractivity contribution in [3.8, 4) is 17.0 Å². The molecule has 1 aliphatic heterocycles. The van der Waals surface area contributed by atoms with Crippen LogP contribution in [-0.2, 0) is 23.0 Å². The molecule has 0 amide bonds. The van der Waals surface area contributed by atoms with Crippen LogP contribution in [0.5, 0.6) is 5.75 Å². The summed E-state index contributed by atoms with van der Waals surface area (Å²) in [5, 5.41) is 17.9. The highest BCUT2D eigenvalue weighted by Crippen LogP contribution is 2.37. The van der Waals surface area contributed by atoms with E-state index in [0.29, 0.717) is 45.5 Å². The number of hydrogen-bond donors (Lipinski definition) is 4. The summed E-state index contributed by atoms with van der Waals surface area (Å²) in [4.78, 5) is 15.1. The van der Waals surface area contributed by atoms with Crippen LogP contribution in [-0.4, -0.2) is 82.8 Å². The molecule has 0 atom stereocenters. The third-order valence-corrected chi connectivity index (χ3v) is 8.97. The lowest BCUT2D eigenvalue weighted by Crippen LogP contribution is -2.26. The standard InChI is InChI=1S/C27H30N10O3S/c1-36(2)41(38,39)23-8-6-5-7-19(23)30-26-24-18(21-14-29-35-34-21)13-28-25(24)32-27(33-26)31-20-11-17-15-37(3)10-9-16(17)12-22(20)40-4/h5-8,11-14H,9-10,15H2,1-4H3,(H,29,34,35)(H3,28,30,31,32,33). The first kappa shape index (κ1) is 26.7. The van der Waals surface area contributed by atoms with Gasteiger partial charge in [0.15, 0.2) is 0 Å². The summed E-state index contributed by atoms with van der Waals surface area (Å²) in [5.41, 5.74) is 5.36. The first-order chi connectivity index (χ1) is 19.7. The van der Waals surface area contributed by atoms with Crippen LogP contribution in [0.1, 0.15) is 11.1 Å². The fraction of sp³-hybridized carbons (Fsp3) is 0.259. The summed E-state index contributed by atoms with van der Waals surface area (Å²) in [5.74, 6) is 1.36. The van der Waals surface area contributed by atoms with Crippen LogP contribution in [0, 0.1) is 0 Å². The highest BCUT2D eigenvalue weighted by atomic mass is 32.2. The normalized spacial score (nSPS) is 13.9. The van der Waals surface area contributed by atoms with Crippen LogP contribution in [0.25, 0.3) is 22.3 Å². The summed E-state index contributed by atoms with van der Waals surface area (Å²) in [6.45, 7) is 1.82. The monoisotopic (exact) mass is 574 g/mol. The summed E-state index contributed by atoms with van der Waals surface area (Å²) in [7, 11) is 2.98. The van der Waals surface area contributed by atoms with Crippen molar-refractivity contribution < 1.29 is 13.2 Å². The van der Waals surface area contributed by atoms with Gasteiger partial charge in [0, 0.05) is 38.9 Å². The molecule has 1 aliphatic rings. The van der Waals surface area contributed by atoms with Gasteiger partial charge in [-0.05, 0) is 48.9 Å². The van der Waals surface area contributed by atoms with E-state index in [-0.39, 0.29) is 4.90 Å². The molecule has 14 heteroatoms. The molecule has 2 aromatic carbocycles. The lowest BCUT2D eigenvalue weighted by Gasteiger charge is -2.26. The Morgan fingerprint density at radius 3 is 2.63 bits per heavy atom. The quantitative estimate of drug-likeness (QED) is 0.216. The molecule has 3 aromatic heterocycles.